The molecule has 0 radical (unpaired) electrons. The summed E-state index contributed by atoms with van der Waals surface area (Å²) < 4.78 is 0. The van der Waals surface area contributed by atoms with E-state index in [4.69, 9.17) is 5.11 Å². The summed E-state index contributed by atoms with van der Waals surface area (Å²) in [5.74, 6) is -0.881. The van der Waals surface area contributed by atoms with Crippen molar-refractivity contribution < 1.29 is 9.90 Å². The molecule has 2 aromatic rings. The molecule has 0 bridgehead atoms. The summed E-state index contributed by atoms with van der Waals surface area (Å²) in [6.07, 6.45) is 0.840. The number of aryl methyl sites for hydroxylation is 1. The molecule has 2 nitrogen and oxygen atoms in total. The number of carboxylic acid groups (broad SMARTS) is 1. The van der Waals surface area contributed by atoms with E-state index in [9.17, 15) is 4.79 Å². The summed E-state index contributed by atoms with van der Waals surface area (Å²) in [6.45, 7) is 6.40. The Morgan fingerprint density at radius 2 is 1.58 bits per heavy atom. The molecule has 98 valence electrons. The van der Waals surface area contributed by atoms with Crippen LogP contribution in [0.25, 0.3) is 0 Å². The molecule has 2 rings (SSSR count). The van der Waals surface area contributed by atoms with E-state index < -0.39 is 5.97 Å². The van der Waals surface area contributed by atoms with E-state index in [-0.39, 0.29) is 0 Å². The van der Waals surface area contributed by atoms with Gasteiger partial charge in [0.15, 0.2) is 0 Å². The minimum absolute atomic E-state index is 0.334. The summed E-state index contributed by atoms with van der Waals surface area (Å²) >= 11 is 0. The minimum atomic E-state index is -0.881. The summed E-state index contributed by atoms with van der Waals surface area (Å²) in [6, 6.07) is 11.4. The molecule has 0 saturated heterocycles. The quantitative estimate of drug-likeness (QED) is 0.902. The normalized spacial score (nSPS) is 10.5. The van der Waals surface area contributed by atoms with Crippen LogP contribution >= 0.6 is 0 Å². The standard InChI is InChI=1S/C17H18O2/c1-11-4-7-16(13(3)12(11)2)10-14-5-8-15(9-6-14)17(18)19/h4-9H,10H2,1-3H3,(H,18,19). The Morgan fingerprint density at radius 1 is 0.947 bits per heavy atom. The van der Waals surface area contributed by atoms with Crippen molar-refractivity contribution in [1.29, 1.82) is 0 Å². The molecule has 2 heteroatoms. The summed E-state index contributed by atoms with van der Waals surface area (Å²) in [5, 5.41) is 8.88. The SMILES string of the molecule is Cc1ccc(Cc2ccc(C(=O)O)cc2)c(C)c1C. The molecule has 0 amide bonds. The molecule has 0 aliphatic rings. The van der Waals surface area contributed by atoms with Crippen molar-refractivity contribution in [3.8, 4) is 0 Å². The van der Waals surface area contributed by atoms with E-state index in [2.05, 4.69) is 32.9 Å². The Hall–Kier alpha value is -2.09. The number of hydrogen-bond donors (Lipinski definition) is 1. The number of aromatic carboxylic acids is 1. The van der Waals surface area contributed by atoms with E-state index in [0.717, 1.165) is 12.0 Å². The third kappa shape index (κ3) is 2.84. The number of carbonyl (C=O) groups is 1. The molecule has 0 fully saturated rings. The average molecular weight is 254 g/mol. The van der Waals surface area contributed by atoms with Crippen LogP contribution in [-0.2, 0) is 6.42 Å². The van der Waals surface area contributed by atoms with Gasteiger partial charge in [0.05, 0.1) is 5.56 Å². The summed E-state index contributed by atoms with van der Waals surface area (Å²) in [5.41, 5.74) is 6.73. The zero-order valence-corrected chi connectivity index (χ0v) is 11.5. The maximum absolute atomic E-state index is 10.8. The predicted octanol–water partition coefficient (Wildman–Crippen LogP) is 3.90. The topological polar surface area (TPSA) is 37.3 Å². The largest absolute Gasteiger partial charge is 0.478 e. The highest BCUT2D eigenvalue weighted by molar-refractivity contribution is 5.87. The van der Waals surface area contributed by atoms with E-state index >= 15 is 0 Å². The van der Waals surface area contributed by atoms with Gasteiger partial charge in [-0.3, -0.25) is 0 Å². The van der Waals surface area contributed by atoms with Crippen molar-refractivity contribution in [1.82, 2.24) is 0 Å². The minimum Gasteiger partial charge on any atom is -0.478 e. The van der Waals surface area contributed by atoms with Gasteiger partial charge in [-0.15, -0.1) is 0 Å². The predicted molar refractivity (Wildman–Crippen MR) is 76.9 cm³/mol. The molecule has 0 aliphatic heterocycles. The lowest BCUT2D eigenvalue weighted by Crippen LogP contribution is -1.98. The van der Waals surface area contributed by atoms with Crippen LogP contribution in [0.2, 0.25) is 0 Å². The van der Waals surface area contributed by atoms with E-state index in [1.165, 1.54) is 22.3 Å². The first-order valence-corrected chi connectivity index (χ1v) is 6.37. The lowest BCUT2D eigenvalue weighted by Gasteiger charge is -2.11. The van der Waals surface area contributed by atoms with Crippen LogP contribution in [0.1, 0.15) is 38.2 Å². The number of rotatable bonds is 3. The number of benzene rings is 2. The molecule has 19 heavy (non-hydrogen) atoms. The maximum Gasteiger partial charge on any atom is 0.335 e. The molecule has 0 unspecified atom stereocenters. The lowest BCUT2D eigenvalue weighted by molar-refractivity contribution is 0.0697. The fraction of sp³-hybridized carbons (Fsp3) is 0.235. The van der Waals surface area contributed by atoms with Gasteiger partial charge in [0, 0.05) is 0 Å². The molecule has 1 N–H and O–H groups in total. The third-order valence-corrected chi connectivity index (χ3v) is 3.77. The highest BCUT2D eigenvalue weighted by Gasteiger charge is 2.06. The second-order valence-electron chi connectivity index (χ2n) is 4.97. The van der Waals surface area contributed by atoms with Crippen molar-refractivity contribution in [2.75, 3.05) is 0 Å². The first-order chi connectivity index (χ1) is 8.99. The van der Waals surface area contributed by atoms with Crippen LogP contribution in [0, 0.1) is 20.8 Å². The third-order valence-electron chi connectivity index (χ3n) is 3.77. The van der Waals surface area contributed by atoms with E-state index in [1.54, 1.807) is 12.1 Å². The van der Waals surface area contributed by atoms with Crippen molar-refractivity contribution in [3.05, 3.63) is 69.8 Å². The van der Waals surface area contributed by atoms with Crippen molar-refractivity contribution in [3.63, 3.8) is 0 Å². The summed E-state index contributed by atoms with van der Waals surface area (Å²) in [7, 11) is 0. The molecule has 0 aromatic heterocycles. The first kappa shape index (κ1) is 13.3. The maximum atomic E-state index is 10.8. The van der Waals surface area contributed by atoms with Gasteiger partial charge < -0.3 is 5.11 Å². The van der Waals surface area contributed by atoms with Crippen LogP contribution in [-0.4, -0.2) is 11.1 Å². The molecule has 2 aromatic carbocycles. The fourth-order valence-corrected chi connectivity index (χ4v) is 2.19. The highest BCUT2D eigenvalue weighted by atomic mass is 16.4. The van der Waals surface area contributed by atoms with Gasteiger partial charge >= 0.3 is 5.97 Å². The molecular weight excluding hydrogens is 236 g/mol. The number of carboxylic acids is 1. The zero-order chi connectivity index (χ0) is 14.0. The van der Waals surface area contributed by atoms with Gasteiger partial charge in [-0.05, 0) is 67.1 Å². The van der Waals surface area contributed by atoms with Crippen molar-refractivity contribution >= 4 is 5.97 Å². The Morgan fingerprint density at radius 3 is 2.16 bits per heavy atom. The summed E-state index contributed by atoms with van der Waals surface area (Å²) in [4.78, 5) is 10.8. The Balaban J connectivity index is 2.26. The first-order valence-electron chi connectivity index (χ1n) is 6.37. The average Bonchev–Trinajstić information content (AvgIpc) is 2.40. The van der Waals surface area contributed by atoms with E-state index in [0.29, 0.717) is 5.56 Å². The van der Waals surface area contributed by atoms with Gasteiger partial charge in [0.25, 0.3) is 0 Å². The Kier molecular flexibility index (Phi) is 3.70. The van der Waals surface area contributed by atoms with Gasteiger partial charge in [0.1, 0.15) is 0 Å². The fourth-order valence-electron chi connectivity index (χ4n) is 2.19. The van der Waals surface area contributed by atoms with Crippen LogP contribution < -0.4 is 0 Å². The van der Waals surface area contributed by atoms with Crippen LogP contribution in [0.5, 0.6) is 0 Å². The second kappa shape index (κ2) is 5.27. The molecule has 0 aliphatic carbocycles. The van der Waals surface area contributed by atoms with Crippen LogP contribution in [0.15, 0.2) is 36.4 Å². The monoisotopic (exact) mass is 254 g/mol. The van der Waals surface area contributed by atoms with Crippen LogP contribution in [0.3, 0.4) is 0 Å². The van der Waals surface area contributed by atoms with E-state index in [1.807, 2.05) is 12.1 Å². The van der Waals surface area contributed by atoms with Gasteiger partial charge in [-0.1, -0.05) is 24.3 Å². The Bertz CT molecular complexity index is 610. The zero-order valence-electron chi connectivity index (χ0n) is 11.5. The molecule has 0 spiro atoms. The lowest BCUT2D eigenvalue weighted by atomic mass is 9.94. The molecule has 0 heterocycles. The molecule has 0 atom stereocenters. The van der Waals surface area contributed by atoms with Gasteiger partial charge in [-0.25, -0.2) is 4.79 Å². The van der Waals surface area contributed by atoms with Gasteiger partial charge in [-0.2, -0.15) is 0 Å². The molecule has 0 saturated carbocycles. The molecular formula is C17H18O2. The second-order valence-corrected chi connectivity index (χ2v) is 4.97. The van der Waals surface area contributed by atoms with Gasteiger partial charge in [0.2, 0.25) is 0 Å². The smallest absolute Gasteiger partial charge is 0.335 e. The van der Waals surface area contributed by atoms with Crippen molar-refractivity contribution in [2.45, 2.75) is 27.2 Å². The Labute approximate surface area is 113 Å². The number of hydrogen-bond acceptors (Lipinski definition) is 1. The highest BCUT2D eigenvalue weighted by Crippen LogP contribution is 2.20. The van der Waals surface area contributed by atoms with Crippen LogP contribution in [0.4, 0.5) is 0 Å². The van der Waals surface area contributed by atoms with Crippen molar-refractivity contribution in [2.24, 2.45) is 0 Å².